The van der Waals surface area contributed by atoms with Gasteiger partial charge in [-0.15, -0.1) is 0 Å². The normalized spacial score (nSPS) is 10.8. The Morgan fingerprint density at radius 2 is 1.78 bits per heavy atom. The van der Waals surface area contributed by atoms with Crippen molar-refractivity contribution in [3.05, 3.63) is 24.0 Å². The molecule has 0 aliphatic carbocycles. The average Bonchev–Trinajstić information content (AvgIpc) is 3.06. The summed E-state index contributed by atoms with van der Waals surface area (Å²) in [5.74, 6) is -0.0256. The van der Waals surface area contributed by atoms with Crippen molar-refractivity contribution in [1.82, 2.24) is 14.4 Å². The van der Waals surface area contributed by atoms with Crippen LogP contribution in [0.15, 0.2) is 18.3 Å². The van der Waals surface area contributed by atoms with Crippen LogP contribution in [0.1, 0.15) is 38.3 Å². The molecule has 0 saturated heterocycles. The highest BCUT2D eigenvalue weighted by Gasteiger charge is 2.21. The molecule has 0 atom stereocenters. The number of unbranched alkanes of at least 4 members (excludes halogenated alkanes) is 1. The van der Waals surface area contributed by atoms with E-state index in [1.165, 1.54) is 0 Å². The maximum Gasteiger partial charge on any atom is 0.242 e. The lowest BCUT2D eigenvalue weighted by atomic mass is 10.2. The summed E-state index contributed by atoms with van der Waals surface area (Å²) in [5, 5.41) is 0. The van der Waals surface area contributed by atoms with Crippen molar-refractivity contribution < 1.29 is 19.1 Å². The van der Waals surface area contributed by atoms with Gasteiger partial charge in [-0.2, -0.15) is 0 Å². The summed E-state index contributed by atoms with van der Waals surface area (Å²) in [7, 11) is 5.22. The van der Waals surface area contributed by atoms with Crippen molar-refractivity contribution in [1.29, 1.82) is 0 Å². The van der Waals surface area contributed by atoms with Gasteiger partial charge in [0, 0.05) is 59.3 Å². The molecule has 0 N–H and O–H groups in total. The number of nitrogens with zero attached hydrogens (tertiary/aromatic N) is 3. The monoisotopic (exact) mass is 381 g/mol. The van der Waals surface area contributed by atoms with Gasteiger partial charge in [0.05, 0.1) is 19.7 Å². The van der Waals surface area contributed by atoms with Gasteiger partial charge in [0.25, 0.3) is 0 Å². The first-order valence-corrected chi connectivity index (χ1v) is 9.67. The van der Waals surface area contributed by atoms with Crippen molar-refractivity contribution >= 4 is 11.8 Å². The van der Waals surface area contributed by atoms with Crippen LogP contribution in [0.5, 0.6) is 0 Å². The van der Waals surface area contributed by atoms with E-state index in [2.05, 4.69) is 6.92 Å². The number of aromatic nitrogens is 1. The van der Waals surface area contributed by atoms with Crippen LogP contribution in [-0.2, 0) is 32.7 Å². The minimum Gasteiger partial charge on any atom is -0.385 e. The number of hydrogen-bond acceptors (Lipinski definition) is 4. The first kappa shape index (κ1) is 23.2. The second-order valence-corrected chi connectivity index (χ2v) is 6.68. The third kappa shape index (κ3) is 8.58. The van der Waals surface area contributed by atoms with Gasteiger partial charge in [-0.05, 0) is 25.0 Å². The van der Waals surface area contributed by atoms with Crippen molar-refractivity contribution in [3.63, 3.8) is 0 Å². The second kappa shape index (κ2) is 13.3. The Kier molecular flexibility index (Phi) is 11.4. The standard InChI is InChI=1S/C20H35N3O4/c1-5-6-10-19(24)22(12-8-14-26-3)17-20(25)23(13-15-27-4)16-18-9-7-11-21(18)2/h7,9,11H,5-6,8,10,12-17H2,1-4H3. The van der Waals surface area contributed by atoms with Gasteiger partial charge >= 0.3 is 0 Å². The predicted octanol–water partition coefficient (Wildman–Crippen LogP) is 2.06. The zero-order valence-corrected chi connectivity index (χ0v) is 17.3. The van der Waals surface area contributed by atoms with Gasteiger partial charge in [-0.3, -0.25) is 9.59 Å². The van der Waals surface area contributed by atoms with Gasteiger partial charge < -0.3 is 23.8 Å². The van der Waals surface area contributed by atoms with E-state index in [-0.39, 0.29) is 18.4 Å². The molecule has 1 aromatic rings. The fraction of sp³-hybridized carbons (Fsp3) is 0.700. The summed E-state index contributed by atoms with van der Waals surface area (Å²) < 4.78 is 12.2. The zero-order chi connectivity index (χ0) is 20.1. The van der Waals surface area contributed by atoms with Crippen molar-refractivity contribution in [2.24, 2.45) is 7.05 Å². The summed E-state index contributed by atoms with van der Waals surface area (Å²) in [6.45, 7) is 4.72. The molecule has 1 rings (SSSR count). The number of carbonyl (C=O) groups is 2. The van der Waals surface area contributed by atoms with E-state index < -0.39 is 0 Å². The summed E-state index contributed by atoms with van der Waals surface area (Å²) in [4.78, 5) is 28.9. The number of hydrogen-bond donors (Lipinski definition) is 0. The second-order valence-electron chi connectivity index (χ2n) is 6.68. The molecular formula is C20H35N3O4. The number of aryl methyl sites for hydroxylation is 1. The highest BCUT2D eigenvalue weighted by molar-refractivity contribution is 5.84. The fourth-order valence-electron chi connectivity index (χ4n) is 2.79. The van der Waals surface area contributed by atoms with Gasteiger partial charge in [-0.25, -0.2) is 0 Å². The minimum absolute atomic E-state index is 0.0341. The van der Waals surface area contributed by atoms with Gasteiger partial charge in [0.1, 0.15) is 0 Å². The van der Waals surface area contributed by atoms with Crippen LogP contribution in [0.2, 0.25) is 0 Å². The molecule has 0 aliphatic rings. The maximum atomic E-state index is 12.9. The molecule has 0 fully saturated rings. The number of amides is 2. The van der Waals surface area contributed by atoms with E-state index in [4.69, 9.17) is 9.47 Å². The molecule has 0 unspecified atom stereocenters. The third-order valence-corrected chi connectivity index (χ3v) is 4.52. The minimum atomic E-state index is -0.0597. The summed E-state index contributed by atoms with van der Waals surface area (Å²) >= 11 is 0. The lowest BCUT2D eigenvalue weighted by Crippen LogP contribution is -2.44. The Balaban J connectivity index is 2.78. The van der Waals surface area contributed by atoms with Crippen LogP contribution in [0.4, 0.5) is 0 Å². The molecule has 7 heteroatoms. The molecular weight excluding hydrogens is 346 g/mol. The fourth-order valence-corrected chi connectivity index (χ4v) is 2.79. The van der Waals surface area contributed by atoms with Crippen molar-refractivity contribution in [2.75, 3.05) is 47.1 Å². The molecule has 2 amide bonds. The molecule has 154 valence electrons. The van der Waals surface area contributed by atoms with E-state index in [1.54, 1.807) is 24.0 Å². The molecule has 27 heavy (non-hydrogen) atoms. The molecule has 0 bridgehead atoms. The molecule has 0 aliphatic heterocycles. The topological polar surface area (TPSA) is 64.0 Å². The zero-order valence-electron chi connectivity index (χ0n) is 17.3. The number of carbonyl (C=O) groups excluding carboxylic acids is 2. The van der Waals surface area contributed by atoms with Gasteiger partial charge in [-0.1, -0.05) is 13.3 Å². The molecule has 7 nitrogen and oxygen atoms in total. The van der Waals surface area contributed by atoms with Crippen molar-refractivity contribution in [2.45, 2.75) is 39.2 Å². The van der Waals surface area contributed by atoms with E-state index >= 15 is 0 Å². The number of ether oxygens (including phenoxy) is 2. The first-order valence-electron chi connectivity index (χ1n) is 9.67. The molecule has 0 saturated carbocycles. The Hall–Kier alpha value is -1.86. The lowest BCUT2D eigenvalue weighted by molar-refractivity contribution is -0.141. The Bertz CT molecular complexity index is 559. The van der Waals surface area contributed by atoms with E-state index in [0.29, 0.717) is 39.3 Å². The van der Waals surface area contributed by atoms with Crippen LogP contribution in [0.25, 0.3) is 0 Å². The Morgan fingerprint density at radius 1 is 1.04 bits per heavy atom. The maximum absolute atomic E-state index is 12.9. The number of rotatable bonds is 14. The van der Waals surface area contributed by atoms with E-state index in [0.717, 1.165) is 25.0 Å². The van der Waals surface area contributed by atoms with Crippen LogP contribution in [-0.4, -0.2) is 73.2 Å². The molecule has 1 aromatic heterocycles. The van der Waals surface area contributed by atoms with Crippen LogP contribution in [0, 0.1) is 0 Å². The van der Waals surface area contributed by atoms with Crippen LogP contribution < -0.4 is 0 Å². The summed E-state index contributed by atoms with van der Waals surface area (Å²) in [5.41, 5.74) is 1.04. The summed E-state index contributed by atoms with van der Waals surface area (Å²) in [6.07, 6.45) is 4.95. The summed E-state index contributed by atoms with van der Waals surface area (Å²) in [6, 6.07) is 3.95. The highest BCUT2D eigenvalue weighted by atomic mass is 16.5. The largest absolute Gasteiger partial charge is 0.385 e. The lowest BCUT2D eigenvalue weighted by Gasteiger charge is -2.28. The SMILES string of the molecule is CCCCC(=O)N(CCCOC)CC(=O)N(CCOC)Cc1cccn1C. The van der Waals surface area contributed by atoms with Crippen LogP contribution >= 0.6 is 0 Å². The molecule has 0 aromatic carbocycles. The average molecular weight is 382 g/mol. The van der Waals surface area contributed by atoms with E-state index in [9.17, 15) is 9.59 Å². The highest BCUT2D eigenvalue weighted by Crippen LogP contribution is 2.08. The quantitative estimate of drug-likeness (QED) is 0.463. The van der Waals surface area contributed by atoms with Gasteiger partial charge in [0.15, 0.2) is 0 Å². The van der Waals surface area contributed by atoms with Crippen LogP contribution in [0.3, 0.4) is 0 Å². The molecule has 0 radical (unpaired) electrons. The van der Waals surface area contributed by atoms with E-state index in [1.807, 2.05) is 29.9 Å². The third-order valence-electron chi connectivity index (χ3n) is 4.52. The first-order chi connectivity index (χ1) is 13.0. The smallest absolute Gasteiger partial charge is 0.242 e. The predicted molar refractivity (Wildman–Crippen MR) is 105 cm³/mol. The molecule has 1 heterocycles. The number of methoxy groups -OCH3 is 2. The Morgan fingerprint density at radius 3 is 2.37 bits per heavy atom. The molecule has 0 spiro atoms. The van der Waals surface area contributed by atoms with Crippen molar-refractivity contribution in [3.8, 4) is 0 Å². The van der Waals surface area contributed by atoms with Gasteiger partial charge in [0.2, 0.25) is 11.8 Å². The Labute approximate surface area is 163 Å².